The molecule has 118 valence electrons. The topological polar surface area (TPSA) is 87.4 Å². The Balaban J connectivity index is 2.34. The summed E-state index contributed by atoms with van der Waals surface area (Å²) >= 11 is 0. The Hall–Kier alpha value is -2.12. The highest BCUT2D eigenvalue weighted by Gasteiger charge is 2.04. The van der Waals surface area contributed by atoms with E-state index >= 15 is 0 Å². The van der Waals surface area contributed by atoms with Crippen LogP contribution < -0.4 is 10.6 Å². The second-order valence-corrected chi connectivity index (χ2v) is 4.83. The molecule has 0 atom stereocenters. The van der Waals surface area contributed by atoms with Crippen LogP contribution in [0.25, 0.3) is 0 Å². The first-order valence-electron chi connectivity index (χ1n) is 7.20. The first kappa shape index (κ1) is 16.9. The van der Waals surface area contributed by atoms with Crippen LogP contribution in [0.2, 0.25) is 0 Å². The van der Waals surface area contributed by atoms with E-state index in [1.165, 1.54) is 4.90 Å². The molecule has 1 heterocycles. The monoisotopic (exact) mass is 295 g/mol. The van der Waals surface area contributed by atoms with Gasteiger partial charge in [-0.25, -0.2) is 4.99 Å². The van der Waals surface area contributed by atoms with E-state index in [9.17, 15) is 4.79 Å². The van der Waals surface area contributed by atoms with Gasteiger partial charge in [-0.15, -0.1) is 5.10 Å². The molecule has 21 heavy (non-hydrogen) atoms. The average Bonchev–Trinajstić information content (AvgIpc) is 2.98. The molecule has 0 aliphatic heterocycles. The molecule has 0 aromatic carbocycles. The second-order valence-electron chi connectivity index (χ2n) is 4.83. The van der Waals surface area contributed by atoms with Crippen molar-refractivity contribution < 1.29 is 4.79 Å². The fourth-order valence-corrected chi connectivity index (χ4v) is 1.51. The maximum atomic E-state index is 11.6. The molecule has 1 aromatic heterocycles. The van der Waals surface area contributed by atoms with Gasteiger partial charge in [-0.3, -0.25) is 9.48 Å². The maximum Gasteiger partial charge on any atom is 0.243 e. The van der Waals surface area contributed by atoms with Crippen molar-refractivity contribution in [2.24, 2.45) is 4.99 Å². The molecule has 0 aliphatic rings. The Labute approximate surface area is 125 Å². The first-order valence-corrected chi connectivity index (χ1v) is 7.20. The summed E-state index contributed by atoms with van der Waals surface area (Å²) in [6.07, 6.45) is 5.40. The fourth-order valence-electron chi connectivity index (χ4n) is 1.51. The summed E-state index contributed by atoms with van der Waals surface area (Å²) in [7, 11) is 3.45. The highest BCUT2D eigenvalue weighted by Crippen LogP contribution is 1.87. The summed E-state index contributed by atoms with van der Waals surface area (Å²) < 4.78 is 1.79. The third kappa shape index (κ3) is 7.28. The van der Waals surface area contributed by atoms with Crippen molar-refractivity contribution in [3.63, 3.8) is 0 Å². The standard InChI is InChI=1S/C13H25N7O/c1-4-6-14-13(16-11-12(21)19(2)3)15-7-5-9-20-10-8-17-18-20/h8,10H,4-7,9,11H2,1-3H3,(H2,14,15,16). The summed E-state index contributed by atoms with van der Waals surface area (Å²) in [5, 5.41) is 14.1. The summed E-state index contributed by atoms with van der Waals surface area (Å²) in [6.45, 7) is 4.61. The van der Waals surface area contributed by atoms with Crippen LogP contribution in [0.4, 0.5) is 0 Å². The van der Waals surface area contributed by atoms with Gasteiger partial charge in [0.25, 0.3) is 0 Å². The molecule has 0 saturated heterocycles. The lowest BCUT2D eigenvalue weighted by molar-refractivity contribution is -0.127. The highest BCUT2D eigenvalue weighted by atomic mass is 16.2. The lowest BCUT2D eigenvalue weighted by Gasteiger charge is -2.13. The molecular weight excluding hydrogens is 270 g/mol. The lowest BCUT2D eigenvalue weighted by atomic mass is 10.4. The van der Waals surface area contributed by atoms with Gasteiger partial charge in [0.2, 0.25) is 5.91 Å². The Kier molecular flexibility index (Phi) is 7.85. The van der Waals surface area contributed by atoms with Crippen LogP contribution in [-0.2, 0) is 11.3 Å². The van der Waals surface area contributed by atoms with Crippen molar-refractivity contribution in [1.29, 1.82) is 0 Å². The van der Waals surface area contributed by atoms with Gasteiger partial charge < -0.3 is 15.5 Å². The molecule has 8 heteroatoms. The quantitative estimate of drug-likeness (QED) is 0.391. The number of aromatic nitrogens is 3. The molecule has 1 amide bonds. The largest absolute Gasteiger partial charge is 0.356 e. The number of carbonyl (C=O) groups excluding carboxylic acids is 1. The minimum absolute atomic E-state index is 0.0183. The third-order valence-corrected chi connectivity index (χ3v) is 2.74. The van der Waals surface area contributed by atoms with E-state index in [1.54, 1.807) is 25.0 Å². The molecule has 1 rings (SSSR count). The summed E-state index contributed by atoms with van der Waals surface area (Å²) in [4.78, 5) is 17.4. The van der Waals surface area contributed by atoms with Crippen LogP contribution in [0, 0.1) is 0 Å². The van der Waals surface area contributed by atoms with Crippen LogP contribution in [-0.4, -0.2) is 65.5 Å². The number of carbonyl (C=O) groups is 1. The molecule has 0 bridgehead atoms. The molecule has 1 aromatic rings. The second kappa shape index (κ2) is 9.73. The number of nitrogens with zero attached hydrogens (tertiary/aromatic N) is 5. The average molecular weight is 295 g/mol. The van der Waals surface area contributed by atoms with Gasteiger partial charge in [0.1, 0.15) is 6.54 Å². The number of likely N-dealkylation sites (N-methyl/N-ethyl adjacent to an activating group) is 1. The van der Waals surface area contributed by atoms with Gasteiger partial charge in [-0.05, 0) is 12.8 Å². The van der Waals surface area contributed by atoms with Crippen LogP contribution in [0.1, 0.15) is 19.8 Å². The molecule has 0 saturated carbocycles. The number of aliphatic imine (C=N–C) groups is 1. The highest BCUT2D eigenvalue weighted by molar-refractivity contribution is 5.84. The molecule has 0 aliphatic carbocycles. The Bertz CT molecular complexity index is 428. The van der Waals surface area contributed by atoms with E-state index < -0.39 is 0 Å². The SMILES string of the molecule is CCCNC(=NCC(=O)N(C)C)NCCCn1ccnn1. The van der Waals surface area contributed by atoms with Crippen molar-refractivity contribution in [1.82, 2.24) is 30.5 Å². The number of hydrogen-bond donors (Lipinski definition) is 2. The Morgan fingerprint density at radius 1 is 1.33 bits per heavy atom. The zero-order valence-electron chi connectivity index (χ0n) is 13.0. The van der Waals surface area contributed by atoms with Crippen molar-refractivity contribution >= 4 is 11.9 Å². The molecule has 0 fully saturated rings. The van der Waals surface area contributed by atoms with Crippen LogP contribution >= 0.6 is 0 Å². The van der Waals surface area contributed by atoms with Gasteiger partial charge in [0, 0.05) is 39.9 Å². The number of aryl methyl sites for hydroxylation is 1. The van der Waals surface area contributed by atoms with Crippen molar-refractivity contribution in [2.75, 3.05) is 33.7 Å². The van der Waals surface area contributed by atoms with Crippen LogP contribution in [0.3, 0.4) is 0 Å². The molecule has 0 radical (unpaired) electrons. The molecule has 0 unspecified atom stereocenters. The fraction of sp³-hybridized carbons (Fsp3) is 0.692. The summed E-state index contributed by atoms with van der Waals surface area (Å²) in [5.74, 6) is 0.654. The minimum Gasteiger partial charge on any atom is -0.356 e. The summed E-state index contributed by atoms with van der Waals surface area (Å²) in [5.41, 5.74) is 0. The van der Waals surface area contributed by atoms with E-state index in [1.807, 2.05) is 6.20 Å². The molecule has 2 N–H and O–H groups in total. The normalized spacial score (nSPS) is 11.3. The predicted molar refractivity (Wildman–Crippen MR) is 81.9 cm³/mol. The van der Waals surface area contributed by atoms with Gasteiger partial charge >= 0.3 is 0 Å². The number of amides is 1. The predicted octanol–water partition coefficient (Wildman–Crippen LogP) is -0.298. The number of rotatable bonds is 8. The van der Waals surface area contributed by atoms with Crippen molar-refractivity contribution in [2.45, 2.75) is 26.3 Å². The smallest absolute Gasteiger partial charge is 0.243 e. The maximum absolute atomic E-state index is 11.6. The lowest BCUT2D eigenvalue weighted by Crippen LogP contribution is -2.39. The summed E-state index contributed by atoms with van der Waals surface area (Å²) in [6, 6.07) is 0. The first-order chi connectivity index (χ1) is 10.1. The van der Waals surface area contributed by atoms with Gasteiger partial charge in [0.05, 0.1) is 6.20 Å². The van der Waals surface area contributed by atoms with Gasteiger partial charge in [0.15, 0.2) is 5.96 Å². The van der Waals surface area contributed by atoms with E-state index in [0.717, 1.165) is 32.5 Å². The zero-order valence-corrected chi connectivity index (χ0v) is 13.0. The van der Waals surface area contributed by atoms with E-state index in [-0.39, 0.29) is 12.5 Å². The Morgan fingerprint density at radius 3 is 2.71 bits per heavy atom. The van der Waals surface area contributed by atoms with Gasteiger partial charge in [-0.2, -0.15) is 0 Å². The number of nitrogens with one attached hydrogen (secondary N) is 2. The number of guanidine groups is 1. The third-order valence-electron chi connectivity index (χ3n) is 2.74. The van der Waals surface area contributed by atoms with E-state index in [2.05, 4.69) is 32.9 Å². The molecule has 0 spiro atoms. The van der Waals surface area contributed by atoms with E-state index in [0.29, 0.717) is 5.96 Å². The molecule has 8 nitrogen and oxygen atoms in total. The van der Waals surface area contributed by atoms with Crippen molar-refractivity contribution in [3.05, 3.63) is 12.4 Å². The van der Waals surface area contributed by atoms with Gasteiger partial charge in [-0.1, -0.05) is 12.1 Å². The van der Waals surface area contributed by atoms with Crippen LogP contribution in [0.15, 0.2) is 17.4 Å². The van der Waals surface area contributed by atoms with Crippen LogP contribution in [0.5, 0.6) is 0 Å². The Morgan fingerprint density at radius 2 is 2.10 bits per heavy atom. The zero-order chi connectivity index (χ0) is 15.5. The minimum atomic E-state index is -0.0183. The van der Waals surface area contributed by atoms with E-state index in [4.69, 9.17) is 0 Å². The molecular formula is C13H25N7O. The number of hydrogen-bond acceptors (Lipinski definition) is 4. The van der Waals surface area contributed by atoms with Crippen molar-refractivity contribution in [3.8, 4) is 0 Å².